The van der Waals surface area contributed by atoms with Gasteiger partial charge in [-0.2, -0.15) is 0 Å². The third-order valence-electron chi connectivity index (χ3n) is 6.61. The molecule has 3 heterocycles. The highest BCUT2D eigenvalue weighted by Crippen LogP contribution is 2.36. The standard InChI is InChI=1S/C26H29N3O3/c1-16-13-17(2)24-20(14-16)21(10-12-32-24)28-25(30)18-8-9-19-22(15-18)27-23-7-5-3-4-6-11-29(23)26(19)31/h8-9,13-15,21H,3-7,10-12H2,1-2H3,(H,28,30). The molecule has 0 saturated carbocycles. The van der Waals surface area contributed by atoms with Crippen LogP contribution in [0.5, 0.6) is 5.75 Å². The molecule has 0 radical (unpaired) electrons. The van der Waals surface area contributed by atoms with Crippen molar-refractivity contribution in [3.8, 4) is 5.75 Å². The normalized spacial score (nSPS) is 18.1. The van der Waals surface area contributed by atoms with E-state index in [0.29, 0.717) is 23.1 Å². The number of amides is 1. The van der Waals surface area contributed by atoms with E-state index in [1.165, 1.54) is 6.42 Å². The van der Waals surface area contributed by atoms with Crippen LogP contribution in [0.1, 0.15) is 71.0 Å². The summed E-state index contributed by atoms with van der Waals surface area (Å²) in [6.45, 7) is 5.39. The first-order valence-corrected chi connectivity index (χ1v) is 11.6. The highest BCUT2D eigenvalue weighted by molar-refractivity contribution is 5.98. The number of benzene rings is 2. The number of rotatable bonds is 2. The Morgan fingerprint density at radius 2 is 1.97 bits per heavy atom. The number of hydrogen-bond donors (Lipinski definition) is 1. The Balaban J connectivity index is 1.46. The van der Waals surface area contributed by atoms with E-state index in [1.807, 2.05) is 11.5 Å². The van der Waals surface area contributed by atoms with Gasteiger partial charge in [-0.1, -0.05) is 30.5 Å². The molecule has 32 heavy (non-hydrogen) atoms. The van der Waals surface area contributed by atoms with E-state index in [4.69, 9.17) is 9.72 Å². The molecule has 6 heteroatoms. The summed E-state index contributed by atoms with van der Waals surface area (Å²) in [6.07, 6.45) is 5.90. The Morgan fingerprint density at radius 3 is 2.84 bits per heavy atom. The lowest BCUT2D eigenvalue weighted by Gasteiger charge is -2.28. The Labute approximate surface area is 187 Å². The second kappa shape index (κ2) is 8.41. The quantitative estimate of drug-likeness (QED) is 0.653. The maximum Gasteiger partial charge on any atom is 0.261 e. The molecule has 2 aliphatic heterocycles. The van der Waals surface area contributed by atoms with Crippen molar-refractivity contribution >= 4 is 16.8 Å². The number of aromatic nitrogens is 2. The summed E-state index contributed by atoms with van der Waals surface area (Å²) in [5.74, 6) is 1.56. The number of hydrogen-bond acceptors (Lipinski definition) is 4. The van der Waals surface area contributed by atoms with Crippen LogP contribution >= 0.6 is 0 Å². The predicted octanol–water partition coefficient (Wildman–Crippen LogP) is 4.38. The fourth-order valence-corrected chi connectivity index (χ4v) is 5.01. The van der Waals surface area contributed by atoms with Gasteiger partial charge in [0.1, 0.15) is 11.6 Å². The van der Waals surface area contributed by atoms with E-state index in [2.05, 4.69) is 24.4 Å². The van der Waals surface area contributed by atoms with Crippen LogP contribution in [0.2, 0.25) is 0 Å². The minimum Gasteiger partial charge on any atom is -0.493 e. The largest absolute Gasteiger partial charge is 0.493 e. The molecular formula is C26H29N3O3. The summed E-state index contributed by atoms with van der Waals surface area (Å²) in [5, 5.41) is 3.75. The number of carbonyl (C=O) groups is 1. The Kier molecular flexibility index (Phi) is 5.45. The van der Waals surface area contributed by atoms with Crippen LogP contribution in [-0.4, -0.2) is 22.1 Å². The van der Waals surface area contributed by atoms with Crippen LogP contribution in [0.25, 0.3) is 10.9 Å². The lowest BCUT2D eigenvalue weighted by Crippen LogP contribution is -2.32. The van der Waals surface area contributed by atoms with Crippen LogP contribution in [0.15, 0.2) is 35.1 Å². The summed E-state index contributed by atoms with van der Waals surface area (Å²) in [7, 11) is 0. The summed E-state index contributed by atoms with van der Waals surface area (Å²) in [5.41, 5.74) is 4.40. The molecule has 0 saturated heterocycles. The molecule has 1 atom stereocenters. The van der Waals surface area contributed by atoms with Gasteiger partial charge in [0.25, 0.3) is 11.5 Å². The second-order valence-corrected chi connectivity index (χ2v) is 9.04. The van der Waals surface area contributed by atoms with Gasteiger partial charge < -0.3 is 10.1 Å². The van der Waals surface area contributed by atoms with Crippen molar-refractivity contribution in [3.05, 3.63) is 68.8 Å². The summed E-state index contributed by atoms with van der Waals surface area (Å²) in [4.78, 5) is 31.0. The van der Waals surface area contributed by atoms with Gasteiger partial charge in [-0.25, -0.2) is 4.98 Å². The first-order valence-electron chi connectivity index (χ1n) is 11.6. The fourth-order valence-electron chi connectivity index (χ4n) is 5.01. The van der Waals surface area contributed by atoms with Gasteiger partial charge in [0, 0.05) is 30.5 Å². The van der Waals surface area contributed by atoms with Crippen molar-refractivity contribution in [2.45, 2.75) is 65.0 Å². The second-order valence-electron chi connectivity index (χ2n) is 9.04. The number of carbonyl (C=O) groups excluding carboxylic acids is 1. The Hall–Kier alpha value is -3.15. The van der Waals surface area contributed by atoms with Crippen LogP contribution in [0, 0.1) is 13.8 Å². The van der Waals surface area contributed by atoms with Gasteiger partial charge in [-0.15, -0.1) is 0 Å². The lowest BCUT2D eigenvalue weighted by atomic mass is 9.95. The number of ether oxygens (including phenoxy) is 1. The first kappa shape index (κ1) is 20.7. The number of fused-ring (bicyclic) bond motifs is 3. The average molecular weight is 432 g/mol. The molecule has 1 amide bonds. The monoisotopic (exact) mass is 431 g/mol. The molecule has 0 fully saturated rings. The van der Waals surface area contributed by atoms with Crippen LogP contribution < -0.4 is 15.6 Å². The van der Waals surface area contributed by atoms with Crippen LogP contribution in [0.4, 0.5) is 0 Å². The first-order chi connectivity index (χ1) is 15.5. The smallest absolute Gasteiger partial charge is 0.261 e. The van der Waals surface area contributed by atoms with Gasteiger partial charge in [-0.05, 0) is 50.5 Å². The van der Waals surface area contributed by atoms with E-state index < -0.39 is 0 Å². The number of aryl methyl sites for hydroxylation is 3. The number of nitrogens with one attached hydrogen (secondary N) is 1. The van der Waals surface area contributed by atoms with Crippen molar-refractivity contribution in [2.24, 2.45) is 0 Å². The highest BCUT2D eigenvalue weighted by atomic mass is 16.5. The molecule has 3 aromatic rings. The van der Waals surface area contributed by atoms with Crippen molar-refractivity contribution < 1.29 is 9.53 Å². The van der Waals surface area contributed by atoms with E-state index in [9.17, 15) is 9.59 Å². The zero-order chi connectivity index (χ0) is 22.2. The average Bonchev–Trinajstić information content (AvgIpc) is 2.75. The maximum atomic E-state index is 13.1. The van der Waals surface area contributed by atoms with Crippen molar-refractivity contribution in [2.75, 3.05) is 6.61 Å². The Bertz CT molecular complexity index is 1260. The van der Waals surface area contributed by atoms with Crippen molar-refractivity contribution in [1.82, 2.24) is 14.9 Å². The third kappa shape index (κ3) is 3.78. The van der Waals surface area contributed by atoms with Gasteiger partial charge in [0.2, 0.25) is 0 Å². The van der Waals surface area contributed by atoms with Crippen LogP contribution in [0.3, 0.4) is 0 Å². The zero-order valence-corrected chi connectivity index (χ0v) is 18.7. The van der Waals surface area contributed by atoms with E-state index in [1.54, 1.807) is 18.2 Å². The molecule has 1 aromatic heterocycles. The molecule has 6 nitrogen and oxygen atoms in total. The van der Waals surface area contributed by atoms with Gasteiger partial charge in [-0.3, -0.25) is 14.2 Å². The summed E-state index contributed by atoms with van der Waals surface area (Å²) >= 11 is 0. The predicted molar refractivity (Wildman–Crippen MR) is 124 cm³/mol. The molecular weight excluding hydrogens is 402 g/mol. The van der Waals surface area contributed by atoms with Gasteiger partial charge in [0.15, 0.2) is 0 Å². The Morgan fingerprint density at radius 1 is 1.12 bits per heavy atom. The van der Waals surface area contributed by atoms with E-state index in [-0.39, 0.29) is 17.5 Å². The van der Waals surface area contributed by atoms with Crippen LogP contribution in [-0.2, 0) is 13.0 Å². The minimum absolute atomic E-state index is 0.00293. The molecule has 1 N–H and O–H groups in total. The zero-order valence-electron chi connectivity index (χ0n) is 18.7. The molecule has 1 unspecified atom stereocenters. The van der Waals surface area contributed by atoms with Crippen molar-refractivity contribution in [3.63, 3.8) is 0 Å². The van der Waals surface area contributed by atoms with Gasteiger partial charge >= 0.3 is 0 Å². The number of nitrogens with zero attached hydrogens (tertiary/aromatic N) is 2. The lowest BCUT2D eigenvalue weighted by molar-refractivity contribution is 0.0924. The summed E-state index contributed by atoms with van der Waals surface area (Å²) < 4.78 is 7.70. The van der Waals surface area contributed by atoms with Crippen molar-refractivity contribution in [1.29, 1.82) is 0 Å². The van der Waals surface area contributed by atoms with E-state index >= 15 is 0 Å². The molecule has 166 valence electrons. The molecule has 5 rings (SSSR count). The molecule has 0 spiro atoms. The maximum absolute atomic E-state index is 13.1. The summed E-state index contributed by atoms with van der Waals surface area (Å²) in [6, 6.07) is 9.33. The highest BCUT2D eigenvalue weighted by Gasteiger charge is 2.25. The van der Waals surface area contributed by atoms with E-state index in [0.717, 1.165) is 66.9 Å². The molecule has 2 aromatic carbocycles. The van der Waals surface area contributed by atoms with Gasteiger partial charge in [0.05, 0.1) is 23.6 Å². The molecule has 0 bridgehead atoms. The fraction of sp³-hybridized carbons (Fsp3) is 0.423. The third-order valence-corrected chi connectivity index (χ3v) is 6.61. The molecule has 2 aliphatic rings. The molecule has 0 aliphatic carbocycles. The minimum atomic E-state index is -0.155. The topological polar surface area (TPSA) is 73.2 Å². The SMILES string of the molecule is Cc1cc(C)c2c(c1)C(NC(=O)c1ccc3c(=O)n4c(nc3c1)CCCCCC4)CCO2.